The predicted octanol–water partition coefficient (Wildman–Crippen LogP) is 0.860. The topological polar surface area (TPSA) is 89.0 Å². The van der Waals surface area contributed by atoms with Crippen LogP contribution < -0.4 is 10.6 Å². The van der Waals surface area contributed by atoms with Crippen LogP contribution >= 0.6 is 0 Å². The number of hydrogen-bond donors (Lipinski definition) is 2. The van der Waals surface area contributed by atoms with E-state index >= 15 is 0 Å². The molecule has 7 heteroatoms. The first kappa shape index (κ1) is 14.9. The van der Waals surface area contributed by atoms with E-state index in [9.17, 15) is 4.79 Å². The van der Waals surface area contributed by atoms with Crippen LogP contribution in [0.1, 0.15) is 16.2 Å². The predicted molar refractivity (Wildman–Crippen MR) is 77.8 cm³/mol. The molecule has 2 aromatic rings. The largest absolute Gasteiger partial charge is 0.383 e. The Labute approximate surface area is 122 Å². The Bertz CT molecular complexity index is 577. The maximum Gasteiger partial charge on any atom is 0.270 e. The highest BCUT2D eigenvalue weighted by Crippen LogP contribution is 2.04. The molecule has 7 nitrogen and oxygen atoms in total. The van der Waals surface area contributed by atoms with Crippen LogP contribution in [0.5, 0.6) is 0 Å². The molecule has 0 aliphatic carbocycles. The summed E-state index contributed by atoms with van der Waals surface area (Å²) < 4.78 is 4.94. The molecule has 110 valence electrons. The van der Waals surface area contributed by atoms with Gasteiger partial charge < -0.3 is 15.4 Å². The third-order valence-corrected chi connectivity index (χ3v) is 2.67. The van der Waals surface area contributed by atoms with Crippen molar-refractivity contribution in [1.82, 2.24) is 20.3 Å². The minimum atomic E-state index is -0.266. The molecule has 0 fully saturated rings. The number of hydrogen-bond acceptors (Lipinski definition) is 6. The summed E-state index contributed by atoms with van der Waals surface area (Å²) in [6.07, 6.45) is 3.04. The molecule has 21 heavy (non-hydrogen) atoms. The van der Waals surface area contributed by atoms with Crippen LogP contribution in [0.2, 0.25) is 0 Å². The van der Waals surface area contributed by atoms with E-state index in [0.717, 1.165) is 5.69 Å². The Morgan fingerprint density at radius 3 is 2.95 bits per heavy atom. The molecular weight excluding hydrogens is 270 g/mol. The van der Waals surface area contributed by atoms with Crippen molar-refractivity contribution in [3.05, 3.63) is 48.2 Å². The summed E-state index contributed by atoms with van der Waals surface area (Å²) in [5.74, 6) is 0.322. The molecule has 2 rings (SSSR count). The molecule has 0 saturated carbocycles. The van der Waals surface area contributed by atoms with E-state index in [1.54, 1.807) is 19.4 Å². The average molecular weight is 287 g/mol. The quantitative estimate of drug-likeness (QED) is 0.734. The number of nitrogens with one attached hydrogen (secondary N) is 2. The summed E-state index contributed by atoms with van der Waals surface area (Å²) in [4.78, 5) is 24.2. The van der Waals surface area contributed by atoms with Crippen molar-refractivity contribution < 1.29 is 9.53 Å². The standard InChI is InChI=1S/C14H17N5O2/c1-21-7-6-16-13-8-12(18-10-19-13)14(20)17-9-11-4-2-3-5-15-11/h2-5,8,10H,6-7,9H2,1H3,(H,17,20)(H,16,18,19). The summed E-state index contributed by atoms with van der Waals surface area (Å²) in [6, 6.07) is 7.14. The van der Waals surface area contributed by atoms with Gasteiger partial charge in [0.1, 0.15) is 17.8 Å². The minimum absolute atomic E-state index is 0.266. The molecule has 1 amide bonds. The number of aromatic nitrogens is 3. The SMILES string of the molecule is COCCNc1cc(C(=O)NCc2ccccn2)ncn1. The van der Waals surface area contributed by atoms with Crippen LogP contribution in [-0.2, 0) is 11.3 Å². The summed E-state index contributed by atoms with van der Waals surface area (Å²) >= 11 is 0. The molecule has 0 bridgehead atoms. The number of pyridine rings is 1. The summed E-state index contributed by atoms with van der Waals surface area (Å²) in [5, 5.41) is 5.81. The number of nitrogens with zero attached hydrogens (tertiary/aromatic N) is 3. The van der Waals surface area contributed by atoms with E-state index < -0.39 is 0 Å². The third kappa shape index (κ3) is 4.81. The Balaban J connectivity index is 1.91. The van der Waals surface area contributed by atoms with Crippen molar-refractivity contribution in [3.63, 3.8) is 0 Å². The van der Waals surface area contributed by atoms with Crippen molar-refractivity contribution in [1.29, 1.82) is 0 Å². The molecule has 0 aromatic carbocycles. The maximum atomic E-state index is 12.0. The third-order valence-electron chi connectivity index (χ3n) is 2.67. The van der Waals surface area contributed by atoms with E-state index in [4.69, 9.17) is 4.74 Å². The van der Waals surface area contributed by atoms with Gasteiger partial charge in [-0.2, -0.15) is 0 Å². The molecular formula is C14H17N5O2. The van der Waals surface area contributed by atoms with E-state index in [1.165, 1.54) is 6.33 Å². The minimum Gasteiger partial charge on any atom is -0.383 e. The molecule has 0 aliphatic rings. The average Bonchev–Trinajstić information content (AvgIpc) is 2.54. The van der Waals surface area contributed by atoms with Crippen LogP contribution in [0.3, 0.4) is 0 Å². The van der Waals surface area contributed by atoms with Gasteiger partial charge in [-0.05, 0) is 12.1 Å². The van der Waals surface area contributed by atoms with Crippen LogP contribution in [0.25, 0.3) is 0 Å². The lowest BCUT2D eigenvalue weighted by atomic mass is 10.3. The van der Waals surface area contributed by atoms with Gasteiger partial charge >= 0.3 is 0 Å². The van der Waals surface area contributed by atoms with Gasteiger partial charge in [-0.15, -0.1) is 0 Å². The van der Waals surface area contributed by atoms with Crippen molar-refractivity contribution >= 4 is 11.7 Å². The van der Waals surface area contributed by atoms with Crippen LogP contribution in [0, 0.1) is 0 Å². The molecule has 0 radical (unpaired) electrons. The summed E-state index contributed by atoms with van der Waals surface area (Å²) in [5.41, 5.74) is 1.10. The van der Waals surface area contributed by atoms with Gasteiger partial charge in [0, 0.05) is 25.9 Å². The van der Waals surface area contributed by atoms with Crippen molar-refractivity contribution in [2.75, 3.05) is 25.6 Å². The second kappa shape index (κ2) is 7.91. The second-order valence-electron chi connectivity index (χ2n) is 4.21. The van der Waals surface area contributed by atoms with Gasteiger partial charge in [-0.1, -0.05) is 6.07 Å². The number of carbonyl (C=O) groups is 1. The summed E-state index contributed by atoms with van der Waals surface area (Å²) in [6.45, 7) is 1.53. The first-order valence-corrected chi connectivity index (χ1v) is 6.52. The van der Waals surface area contributed by atoms with Gasteiger partial charge in [0.05, 0.1) is 18.8 Å². The number of anilines is 1. The Morgan fingerprint density at radius 2 is 2.19 bits per heavy atom. The maximum absolute atomic E-state index is 12.0. The highest BCUT2D eigenvalue weighted by Gasteiger charge is 2.08. The molecule has 0 saturated heterocycles. The fraction of sp³-hybridized carbons (Fsp3) is 0.286. The van der Waals surface area contributed by atoms with Crippen molar-refractivity contribution in [2.45, 2.75) is 6.54 Å². The Morgan fingerprint density at radius 1 is 1.29 bits per heavy atom. The smallest absolute Gasteiger partial charge is 0.270 e. The number of rotatable bonds is 7. The monoisotopic (exact) mass is 287 g/mol. The van der Waals surface area contributed by atoms with Gasteiger partial charge in [-0.3, -0.25) is 9.78 Å². The zero-order valence-corrected chi connectivity index (χ0v) is 11.7. The van der Waals surface area contributed by atoms with Crippen molar-refractivity contribution in [3.8, 4) is 0 Å². The number of amides is 1. The second-order valence-corrected chi connectivity index (χ2v) is 4.21. The molecule has 2 aromatic heterocycles. The lowest BCUT2D eigenvalue weighted by Gasteiger charge is -2.07. The van der Waals surface area contributed by atoms with Gasteiger partial charge in [0.2, 0.25) is 0 Å². The molecule has 2 heterocycles. The Hall–Kier alpha value is -2.54. The number of carbonyl (C=O) groups excluding carboxylic acids is 1. The number of methoxy groups -OCH3 is 1. The van der Waals surface area contributed by atoms with Crippen molar-refractivity contribution in [2.24, 2.45) is 0 Å². The van der Waals surface area contributed by atoms with Gasteiger partial charge in [0.15, 0.2) is 0 Å². The number of ether oxygens (including phenoxy) is 1. The highest BCUT2D eigenvalue weighted by atomic mass is 16.5. The van der Waals surface area contributed by atoms with Crippen LogP contribution in [-0.4, -0.2) is 41.1 Å². The zero-order valence-electron chi connectivity index (χ0n) is 11.7. The molecule has 0 unspecified atom stereocenters. The molecule has 0 atom stereocenters. The fourth-order valence-electron chi connectivity index (χ4n) is 1.62. The normalized spacial score (nSPS) is 10.1. The zero-order chi connectivity index (χ0) is 14.9. The van der Waals surface area contributed by atoms with E-state index in [2.05, 4.69) is 25.6 Å². The lowest BCUT2D eigenvalue weighted by Crippen LogP contribution is -2.24. The molecule has 0 spiro atoms. The molecule has 2 N–H and O–H groups in total. The summed E-state index contributed by atoms with van der Waals surface area (Å²) in [7, 11) is 1.62. The van der Waals surface area contributed by atoms with E-state index in [1.807, 2.05) is 18.2 Å². The first-order valence-electron chi connectivity index (χ1n) is 6.52. The van der Waals surface area contributed by atoms with Crippen LogP contribution in [0.4, 0.5) is 5.82 Å². The van der Waals surface area contributed by atoms with E-state index in [0.29, 0.717) is 31.2 Å². The first-order chi connectivity index (χ1) is 10.3. The van der Waals surface area contributed by atoms with Gasteiger partial charge in [-0.25, -0.2) is 9.97 Å². The molecule has 0 aliphatic heterocycles. The van der Waals surface area contributed by atoms with Gasteiger partial charge in [0.25, 0.3) is 5.91 Å². The van der Waals surface area contributed by atoms with Crippen LogP contribution in [0.15, 0.2) is 36.8 Å². The highest BCUT2D eigenvalue weighted by molar-refractivity contribution is 5.92. The Kier molecular flexibility index (Phi) is 5.60. The lowest BCUT2D eigenvalue weighted by molar-refractivity contribution is 0.0945. The van der Waals surface area contributed by atoms with E-state index in [-0.39, 0.29) is 5.91 Å². The fourth-order valence-corrected chi connectivity index (χ4v) is 1.62.